The van der Waals surface area contributed by atoms with E-state index in [1.165, 1.54) is 0 Å². The summed E-state index contributed by atoms with van der Waals surface area (Å²) in [5.41, 5.74) is -0.448. The van der Waals surface area contributed by atoms with Crippen LogP contribution in [-0.4, -0.2) is 83.8 Å². The normalized spacial score (nSPS) is 36.3. The van der Waals surface area contributed by atoms with Crippen molar-refractivity contribution in [1.82, 2.24) is 4.90 Å². The van der Waals surface area contributed by atoms with E-state index in [9.17, 15) is 15.3 Å². The van der Waals surface area contributed by atoms with Gasteiger partial charge in [0.05, 0.1) is 35.9 Å². The predicted octanol–water partition coefficient (Wildman–Crippen LogP) is 7.59. The van der Waals surface area contributed by atoms with E-state index in [-0.39, 0.29) is 41.2 Å². The number of nitrogens with zero attached hydrogens (tertiary/aromatic N) is 1. The first-order chi connectivity index (χ1) is 25.5. The van der Waals surface area contributed by atoms with Crippen LogP contribution in [0.15, 0.2) is 84.5 Å². The molecule has 0 aliphatic heterocycles. The van der Waals surface area contributed by atoms with E-state index in [0.717, 1.165) is 64.6 Å². The summed E-state index contributed by atoms with van der Waals surface area (Å²) in [6, 6.07) is 20.3. The van der Waals surface area contributed by atoms with Crippen LogP contribution < -0.4 is 0 Å². The fourth-order valence-electron chi connectivity index (χ4n) is 12.1. The third-order valence-corrected chi connectivity index (χ3v) is 15.9. The molecule has 284 valence electrons. The maximum Gasteiger partial charge on any atom is 0.199 e. The highest BCUT2D eigenvalue weighted by atomic mass is 32.1. The third-order valence-electron chi connectivity index (χ3n) is 14.8. The minimum absolute atomic E-state index is 0.0708. The number of ether oxygens (including phenoxy) is 2. The summed E-state index contributed by atoms with van der Waals surface area (Å²) in [6.07, 6.45) is 12.4. The molecule has 53 heavy (non-hydrogen) atoms. The molecule has 7 nitrogen and oxygen atoms in total. The lowest BCUT2D eigenvalue weighted by atomic mass is 9.32. The van der Waals surface area contributed by atoms with Crippen LogP contribution in [0.3, 0.4) is 0 Å². The number of Topliss-reactive ketones (excluding diaryl/α,β-unsaturated/α-hetero) is 1. The van der Waals surface area contributed by atoms with E-state index in [0.29, 0.717) is 45.7 Å². The van der Waals surface area contributed by atoms with Crippen molar-refractivity contribution >= 4 is 27.2 Å². The van der Waals surface area contributed by atoms with E-state index in [4.69, 9.17) is 9.47 Å². The van der Waals surface area contributed by atoms with Crippen LogP contribution in [0.25, 0.3) is 10.1 Å². The molecule has 6 aliphatic carbocycles. The van der Waals surface area contributed by atoms with Crippen molar-refractivity contribution in [2.24, 2.45) is 33.5 Å². The van der Waals surface area contributed by atoms with E-state index in [2.05, 4.69) is 55.2 Å². The van der Waals surface area contributed by atoms with E-state index < -0.39 is 22.5 Å². The molecule has 3 saturated carbocycles. The van der Waals surface area contributed by atoms with Crippen LogP contribution in [0.4, 0.5) is 0 Å². The van der Waals surface area contributed by atoms with Gasteiger partial charge in [-0.05, 0) is 91.7 Å². The standard InChI is InChI=1S/C45H57NO6S/c1-41-17-14-33(47)25-43(41)20-21-45(35(26-43)40(49)37-24-32-12-7-8-13-36(32)53-37)38(41)15-18-42(2)39(45)16-19-44(42,50)30-46(22-9-23-51-3)27-34(48)29-52-28-31-10-5-4-6-11-31/h4-8,10-13,20-21,24,26,33-34,38-39,47-48,50H,9,14-19,22-23,25,27-30H2,1-3H3/t33?,34-,38-,39-,41-,42+,43+,44-,45-/m1/s1. The molecule has 8 heteroatoms. The number of allylic oxidation sites excluding steroid dienone is 4. The molecule has 3 fully saturated rings. The molecular formula is C45H57NO6S. The number of hydrogen-bond donors (Lipinski definition) is 3. The fraction of sp³-hybridized carbons (Fsp3) is 0.578. The highest BCUT2D eigenvalue weighted by Gasteiger charge is 2.74. The van der Waals surface area contributed by atoms with Gasteiger partial charge in [-0.3, -0.25) is 9.69 Å². The predicted molar refractivity (Wildman–Crippen MR) is 210 cm³/mol. The molecule has 0 saturated heterocycles. The van der Waals surface area contributed by atoms with Gasteiger partial charge in [0.25, 0.3) is 0 Å². The van der Waals surface area contributed by atoms with Crippen LogP contribution >= 0.6 is 11.3 Å². The summed E-state index contributed by atoms with van der Waals surface area (Å²) in [4.78, 5) is 18.1. The Hall–Kier alpha value is -2.69. The zero-order chi connectivity index (χ0) is 37.1. The lowest BCUT2D eigenvalue weighted by molar-refractivity contribution is -0.177. The minimum atomic E-state index is -1.01. The maximum atomic E-state index is 15.1. The molecule has 0 radical (unpaired) electrons. The van der Waals surface area contributed by atoms with Gasteiger partial charge in [-0.15, -0.1) is 11.3 Å². The highest BCUT2D eigenvalue weighted by Crippen LogP contribution is 2.78. The first-order valence-electron chi connectivity index (χ1n) is 19.9. The van der Waals surface area contributed by atoms with Crippen molar-refractivity contribution in [3.05, 3.63) is 94.9 Å². The molecule has 0 amide bonds. The van der Waals surface area contributed by atoms with E-state index in [1.807, 2.05) is 42.5 Å². The van der Waals surface area contributed by atoms with Gasteiger partial charge in [-0.25, -0.2) is 0 Å². The van der Waals surface area contributed by atoms with Crippen molar-refractivity contribution in [2.45, 2.75) is 89.6 Å². The molecule has 6 aliphatic rings. The molecule has 9 rings (SSSR count). The van der Waals surface area contributed by atoms with Gasteiger partial charge in [0, 0.05) is 59.9 Å². The molecule has 1 heterocycles. The van der Waals surface area contributed by atoms with Crippen molar-refractivity contribution in [3.63, 3.8) is 0 Å². The molecule has 1 aromatic heterocycles. The number of methoxy groups -OCH3 is 1. The molecule has 3 N–H and O–H groups in total. The van der Waals surface area contributed by atoms with Crippen LogP contribution in [0, 0.1) is 33.5 Å². The smallest absolute Gasteiger partial charge is 0.199 e. The number of hydrogen-bond acceptors (Lipinski definition) is 8. The van der Waals surface area contributed by atoms with Crippen LogP contribution in [-0.2, 0) is 16.1 Å². The van der Waals surface area contributed by atoms with Crippen LogP contribution in [0.2, 0.25) is 0 Å². The van der Waals surface area contributed by atoms with Crippen molar-refractivity contribution in [3.8, 4) is 0 Å². The molecular weight excluding hydrogens is 683 g/mol. The number of aliphatic hydroxyl groups is 3. The Labute approximate surface area is 318 Å². The molecule has 2 aromatic carbocycles. The number of thiophene rings is 1. The summed E-state index contributed by atoms with van der Waals surface area (Å²) < 4.78 is 12.5. The Morgan fingerprint density at radius 2 is 1.72 bits per heavy atom. The number of ketones is 1. The number of carbonyl (C=O) groups excluding carboxylic acids is 1. The average molecular weight is 740 g/mol. The molecule has 2 spiro atoms. The summed E-state index contributed by atoms with van der Waals surface area (Å²) >= 11 is 1.58. The van der Waals surface area contributed by atoms with Crippen molar-refractivity contribution < 1.29 is 29.6 Å². The van der Waals surface area contributed by atoms with Gasteiger partial charge in [0.1, 0.15) is 0 Å². The van der Waals surface area contributed by atoms with Gasteiger partial charge in [-0.2, -0.15) is 0 Å². The lowest BCUT2D eigenvalue weighted by Crippen LogP contribution is -2.67. The Morgan fingerprint density at radius 3 is 2.51 bits per heavy atom. The Balaban J connectivity index is 1.11. The summed E-state index contributed by atoms with van der Waals surface area (Å²) in [6.45, 7) is 7.52. The van der Waals surface area contributed by atoms with E-state index >= 15 is 4.79 Å². The number of benzene rings is 2. The highest BCUT2D eigenvalue weighted by molar-refractivity contribution is 7.21. The first kappa shape index (κ1) is 37.2. The molecule has 2 bridgehead atoms. The lowest BCUT2D eigenvalue weighted by Gasteiger charge is -2.71. The number of rotatable bonds is 14. The Morgan fingerprint density at radius 1 is 0.981 bits per heavy atom. The average Bonchev–Trinajstić information content (AvgIpc) is 3.70. The zero-order valence-electron chi connectivity index (χ0n) is 31.6. The van der Waals surface area contributed by atoms with Crippen LogP contribution in [0.1, 0.15) is 80.4 Å². The second-order valence-corrected chi connectivity index (χ2v) is 18.6. The van der Waals surface area contributed by atoms with Gasteiger partial charge >= 0.3 is 0 Å². The first-order valence-corrected chi connectivity index (χ1v) is 20.7. The van der Waals surface area contributed by atoms with Crippen molar-refractivity contribution in [2.75, 3.05) is 40.0 Å². The van der Waals surface area contributed by atoms with Gasteiger partial charge in [0.15, 0.2) is 5.78 Å². The molecule has 1 unspecified atom stereocenters. The second-order valence-electron chi connectivity index (χ2n) is 17.5. The van der Waals surface area contributed by atoms with Gasteiger partial charge < -0.3 is 24.8 Å². The molecule has 9 atom stereocenters. The maximum absolute atomic E-state index is 15.1. The molecule has 3 aromatic rings. The summed E-state index contributed by atoms with van der Waals surface area (Å²) in [7, 11) is 1.71. The quantitative estimate of drug-likeness (QED) is 0.0891. The Kier molecular flexibility index (Phi) is 9.92. The summed E-state index contributed by atoms with van der Waals surface area (Å²) in [5, 5.41) is 36.4. The number of fused-ring (bicyclic) bond motifs is 2. The Bertz CT molecular complexity index is 1840. The van der Waals surface area contributed by atoms with Crippen molar-refractivity contribution in [1.29, 1.82) is 0 Å². The topological polar surface area (TPSA) is 99.5 Å². The summed E-state index contributed by atoms with van der Waals surface area (Å²) in [5.74, 6) is 0.427. The van der Waals surface area contributed by atoms with E-state index in [1.54, 1.807) is 18.4 Å². The third kappa shape index (κ3) is 6.03. The van der Waals surface area contributed by atoms with Gasteiger partial charge in [0.2, 0.25) is 0 Å². The number of carbonyl (C=O) groups is 1. The zero-order valence-corrected chi connectivity index (χ0v) is 32.5. The van der Waals surface area contributed by atoms with Crippen LogP contribution in [0.5, 0.6) is 0 Å². The SMILES string of the molecule is COCCCN(C[C@@H](O)COCc1ccccc1)C[C@]1(O)CC[C@H]2[C@]34C=C[C@@]5(C=C3C(=O)c3cc6ccccc6s3)CC(O)CC[C@]5(C)[C@H]4CC[C@@]21C. The van der Waals surface area contributed by atoms with Gasteiger partial charge in [-0.1, -0.05) is 80.6 Å². The largest absolute Gasteiger partial charge is 0.393 e. The minimum Gasteiger partial charge on any atom is -0.393 e. The number of aliphatic hydroxyl groups excluding tert-OH is 2. The second kappa shape index (κ2) is 14.1. The monoisotopic (exact) mass is 739 g/mol. The fourth-order valence-corrected chi connectivity index (χ4v) is 13.1.